The number of nitro benzene ring substituents is 1. The van der Waals surface area contributed by atoms with Crippen molar-refractivity contribution in [1.29, 1.82) is 0 Å². The van der Waals surface area contributed by atoms with E-state index in [1.165, 1.54) is 17.0 Å². The molecule has 0 saturated carbocycles. The van der Waals surface area contributed by atoms with Crippen LogP contribution in [0.5, 0.6) is 0 Å². The van der Waals surface area contributed by atoms with Gasteiger partial charge in [-0.25, -0.2) is 4.98 Å². The predicted octanol–water partition coefficient (Wildman–Crippen LogP) is 3.14. The minimum Gasteiger partial charge on any atom is -0.356 e. The highest BCUT2D eigenvalue weighted by atomic mass is 127. The molecule has 0 saturated heterocycles. The Balaban J connectivity index is 0.00000312. The average Bonchev–Trinajstić information content (AvgIpc) is 3.06. The van der Waals surface area contributed by atoms with Crippen LogP contribution in [-0.2, 0) is 19.4 Å². The van der Waals surface area contributed by atoms with Gasteiger partial charge in [0.15, 0.2) is 5.96 Å². The molecule has 0 fully saturated rings. The van der Waals surface area contributed by atoms with Crippen LogP contribution in [0.4, 0.5) is 5.69 Å². The van der Waals surface area contributed by atoms with Crippen molar-refractivity contribution in [3.63, 3.8) is 0 Å². The molecule has 0 radical (unpaired) electrons. The van der Waals surface area contributed by atoms with E-state index in [1.54, 1.807) is 30.5 Å². The third-order valence-electron chi connectivity index (χ3n) is 3.41. The molecule has 136 valence electrons. The van der Waals surface area contributed by atoms with E-state index in [9.17, 15) is 10.1 Å². The Morgan fingerprint density at radius 1 is 1.32 bits per heavy atom. The fourth-order valence-corrected chi connectivity index (χ4v) is 2.92. The standard InChI is InChI=1S/C16H21N5O2S.HI/c1-3-14-11-19-15(24-14)8-9-18-16(17-2)20-10-12-4-6-13(7-5-12)21(22)23;/h4-7,11H,3,8-10H2,1-2H3,(H2,17,18,20);1H. The number of benzene rings is 1. The smallest absolute Gasteiger partial charge is 0.269 e. The number of rotatable bonds is 7. The van der Waals surface area contributed by atoms with Crippen molar-refractivity contribution in [1.82, 2.24) is 15.6 Å². The molecule has 2 aromatic rings. The van der Waals surface area contributed by atoms with Crippen LogP contribution in [-0.4, -0.2) is 29.5 Å². The number of hydrogen-bond acceptors (Lipinski definition) is 5. The zero-order chi connectivity index (χ0) is 17.4. The first-order chi connectivity index (χ1) is 11.6. The number of thiazole rings is 1. The molecule has 0 unspecified atom stereocenters. The molecule has 0 atom stereocenters. The number of nitro groups is 1. The predicted molar refractivity (Wildman–Crippen MR) is 112 cm³/mol. The molecular formula is C16H22IN5O2S. The van der Waals surface area contributed by atoms with Gasteiger partial charge >= 0.3 is 0 Å². The summed E-state index contributed by atoms with van der Waals surface area (Å²) in [5.41, 5.74) is 1.05. The molecule has 0 bridgehead atoms. The number of guanidine groups is 1. The molecule has 25 heavy (non-hydrogen) atoms. The molecule has 0 aliphatic rings. The summed E-state index contributed by atoms with van der Waals surface area (Å²) in [6.45, 7) is 3.42. The minimum absolute atomic E-state index is 0. The van der Waals surface area contributed by atoms with Gasteiger partial charge in [-0.05, 0) is 12.0 Å². The van der Waals surface area contributed by atoms with Crippen molar-refractivity contribution in [2.45, 2.75) is 26.3 Å². The van der Waals surface area contributed by atoms with Crippen LogP contribution in [0.25, 0.3) is 0 Å². The quantitative estimate of drug-likeness (QED) is 0.211. The van der Waals surface area contributed by atoms with Gasteiger partial charge in [-0.15, -0.1) is 35.3 Å². The topological polar surface area (TPSA) is 92.5 Å². The summed E-state index contributed by atoms with van der Waals surface area (Å²) in [6.07, 6.45) is 3.80. The Kier molecular flexibility index (Phi) is 9.35. The molecule has 0 aliphatic carbocycles. The van der Waals surface area contributed by atoms with Gasteiger partial charge in [0.2, 0.25) is 0 Å². The maximum Gasteiger partial charge on any atom is 0.269 e. The lowest BCUT2D eigenvalue weighted by atomic mass is 10.2. The molecule has 0 aliphatic heterocycles. The van der Waals surface area contributed by atoms with Crippen LogP contribution in [0.2, 0.25) is 0 Å². The number of aromatic nitrogens is 1. The van der Waals surface area contributed by atoms with Gasteiger partial charge in [0, 0.05) is 49.8 Å². The molecule has 7 nitrogen and oxygen atoms in total. The van der Waals surface area contributed by atoms with Crippen LogP contribution in [0.15, 0.2) is 35.5 Å². The average molecular weight is 475 g/mol. The number of aryl methyl sites for hydroxylation is 1. The summed E-state index contributed by atoms with van der Waals surface area (Å²) in [5.74, 6) is 0.695. The van der Waals surface area contributed by atoms with E-state index in [1.807, 2.05) is 6.20 Å². The summed E-state index contributed by atoms with van der Waals surface area (Å²) in [7, 11) is 1.71. The Morgan fingerprint density at radius 2 is 2.04 bits per heavy atom. The van der Waals surface area contributed by atoms with Crippen molar-refractivity contribution in [2.24, 2.45) is 4.99 Å². The van der Waals surface area contributed by atoms with Crippen molar-refractivity contribution in [2.75, 3.05) is 13.6 Å². The first-order valence-corrected chi connectivity index (χ1v) is 8.55. The van der Waals surface area contributed by atoms with Gasteiger partial charge in [0.05, 0.1) is 9.93 Å². The Hall–Kier alpha value is -1.75. The van der Waals surface area contributed by atoms with E-state index in [0.717, 1.165) is 30.0 Å². The lowest BCUT2D eigenvalue weighted by Crippen LogP contribution is -2.37. The van der Waals surface area contributed by atoms with E-state index in [2.05, 4.69) is 27.5 Å². The van der Waals surface area contributed by atoms with E-state index >= 15 is 0 Å². The lowest BCUT2D eigenvalue weighted by Gasteiger charge is -2.11. The number of hydrogen-bond donors (Lipinski definition) is 2. The highest BCUT2D eigenvalue weighted by molar-refractivity contribution is 14.0. The van der Waals surface area contributed by atoms with Gasteiger partial charge < -0.3 is 10.6 Å². The Morgan fingerprint density at radius 3 is 2.60 bits per heavy atom. The highest BCUT2D eigenvalue weighted by Gasteiger charge is 2.05. The van der Waals surface area contributed by atoms with Gasteiger partial charge in [0.1, 0.15) is 0 Å². The monoisotopic (exact) mass is 475 g/mol. The summed E-state index contributed by atoms with van der Waals surface area (Å²) < 4.78 is 0. The zero-order valence-corrected chi connectivity index (χ0v) is 17.3. The number of halogens is 1. The summed E-state index contributed by atoms with van der Waals surface area (Å²) in [4.78, 5) is 20.1. The van der Waals surface area contributed by atoms with Crippen molar-refractivity contribution in [3.05, 3.63) is 56.0 Å². The second-order valence-electron chi connectivity index (χ2n) is 5.10. The molecular weight excluding hydrogens is 453 g/mol. The fraction of sp³-hybridized carbons (Fsp3) is 0.375. The van der Waals surface area contributed by atoms with Crippen molar-refractivity contribution in [3.8, 4) is 0 Å². The van der Waals surface area contributed by atoms with Crippen LogP contribution < -0.4 is 10.6 Å². The van der Waals surface area contributed by atoms with Gasteiger partial charge in [-0.2, -0.15) is 0 Å². The molecule has 9 heteroatoms. The molecule has 1 heterocycles. The van der Waals surface area contributed by atoms with Crippen LogP contribution in [0.3, 0.4) is 0 Å². The third-order valence-corrected chi connectivity index (χ3v) is 4.61. The van der Waals surface area contributed by atoms with Crippen molar-refractivity contribution < 1.29 is 4.92 Å². The van der Waals surface area contributed by atoms with Crippen LogP contribution in [0.1, 0.15) is 22.4 Å². The molecule has 1 aromatic heterocycles. The fourth-order valence-electron chi connectivity index (χ4n) is 2.06. The maximum absolute atomic E-state index is 10.6. The van der Waals surface area contributed by atoms with E-state index < -0.39 is 4.92 Å². The van der Waals surface area contributed by atoms with E-state index in [4.69, 9.17) is 0 Å². The number of aliphatic imine (C=N–C) groups is 1. The van der Waals surface area contributed by atoms with Gasteiger partial charge in [-0.1, -0.05) is 19.1 Å². The number of nitrogens with one attached hydrogen (secondary N) is 2. The SMILES string of the molecule is CCc1cnc(CCNC(=NC)NCc2ccc([N+](=O)[O-])cc2)s1.I. The normalized spacial score (nSPS) is 10.9. The lowest BCUT2D eigenvalue weighted by molar-refractivity contribution is -0.384. The second-order valence-corrected chi connectivity index (χ2v) is 6.30. The molecule has 1 aromatic carbocycles. The maximum atomic E-state index is 10.6. The minimum atomic E-state index is -0.403. The summed E-state index contributed by atoms with van der Waals surface area (Å²) in [6, 6.07) is 6.47. The summed E-state index contributed by atoms with van der Waals surface area (Å²) in [5, 5.41) is 18.2. The van der Waals surface area contributed by atoms with Crippen LogP contribution >= 0.6 is 35.3 Å². The molecule has 0 spiro atoms. The summed E-state index contributed by atoms with van der Waals surface area (Å²) >= 11 is 1.74. The molecule has 0 amide bonds. The third kappa shape index (κ3) is 6.94. The first kappa shape index (κ1) is 21.3. The number of non-ortho nitro benzene ring substituents is 1. The van der Waals surface area contributed by atoms with E-state index in [0.29, 0.717) is 12.5 Å². The second kappa shape index (κ2) is 11.0. The Labute approximate surface area is 168 Å². The molecule has 2 rings (SSSR count). The first-order valence-electron chi connectivity index (χ1n) is 7.73. The highest BCUT2D eigenvalue weighted by Crippen LogP contribution is 2.13. The van der Waals surface area contributed by atoms with Gasteiger partial charge in [0.25, 0.3) is 5.69 Å². The zero-order valence-electron chi connectivity index (χ0n) is 14.2. The van der Waals surface area contributed by atoms with Gasteiger partial charge in [-0.3, -0.25) is 15.1 Å². The number of nitrogens with zero attached hydrogens (tertiary/aromatic N) is 3. The Bertz CT molecular complexity index is 703. The largest absolute Gasteiger partial charge is 0.356 e. The van der Waals surface area contributed by atoms with E-state index in [-0.39, 0.29) is 29.7 Å². The van der Waals surface area contributed by atoms with Crippen molar-refractivity contribution >= 4 is 47.0 Å². The van der Waals surface area contributed by atoms with Crippen LogP contribution in [0, 0.1) is 10.1 Å². The molecule has 2 N–H and O–H groups in total.